The number of ether oxygens (including phenoxy) is 1. The molecule has 0 radical (unpaired) electrons. The molecule has 1 N–H and O–H groups in total. The van der Waals surface area contributed by atoms with Crippen LogP contribution in [0.5, 0.6) is 5.75 Å². The summed E-state index contributed by atoms with van der Waals surface area (Å²) >= 11 is 0. The molecule has 1 fully saturated rings. The minimum absolute atomic E-state index is 0.0367. The first-order valence-electron chi connectivity index (χ1n) is 9.88. The lowest BCUT2D eigenvalue weighted by Crippen LogP contribution is -2.60. The highest BCUT2D eigenvalue weighted by Gasteiger charge is 2.37. The molecule has 0 amide bonds. The van der Waals surface area contributed by atoms with Gasteiger partial charge in [-0.1, -0.05) is 6.92 Å². The summed E-state index contributed by atoms with van der Waals surface area (Å²) in [4.78, 5) is 21.7. The van der Waals surface area contributed by atoms with E-state index in [1.54, 1.807) is 18.2 Å². The maximum Gasteiger partial charge on any atom is 0.251 e. The van der Waals surface area contributed by atoms with Gasteiger partial charge >= 0.3 is 0 Å². The van der Waals surface area contributed by atoms with E-state index in [2.05, 4.69) is 27.9 Å². The predicted octanol–water partition coefficient (Wildman–Crippen LogP) is 2.88. The van der Waals surface area contributed by atoms with Gasteiger partial charge in [-0.3, -0.25) is 14.7 Å². The second kappa shape index (κ2) is 7.98. The Hall–Kier alpha value is -3.68. The summed E-state index contributed by atoms with van der Waals surface area (Å²) in [6.07, 6.45) is 2.48. The zero-order valence-corrected chi connectivity index (χ0v) is 16.8. The molecule has 1 aliphatic rings. The predicted molar refractivity (Wildman–Crippen MR) is 112 cm³/mol. The van der Waals surface area contributed by atoms with Crippen LogP contribution in [0, 0.1) is 22.7 Å². The summed E-state index contributed by atoms with van der Waals surface area (Å²) < 4.78 is 6.03. The molecule has 4 rings (SSSR count). The lowest BCUT2D eigenvalue weighted by atomic mass is 9.99. The topological polar surface area (TPSA) is 106 Å². The van der Waals surface area contributed by atoms with Crippen LogP contribution in [0.2, 0.25) is 0 Å². The maximum absolute atomic E-state index is 12.1. The molecule has 2 atom stereocenters. The number of aryl methyl sites for hydroxylation is 1. The Kier molecular flexibility index (Phi) is 5.22. The number of rotatable bonds is 5. The van der Waals surface area contributed by atoms with Crippen LogP contribution in [0.25, 0.3) is 11.0 Å². The molecular formula is C23H21N5O2. The molecular weight excluding hydrogens is 378 g/mol. The molecule has 0 unspecified atom stereocenters. The standard InChI is InChI=1S/C23H21N5O2/c1-3-17-8-19-20(27-23(17)29)7-16(11-26-19)12-28-13-22(14(28)2)30-21-5-4-15(9-24)6-18(21)10-25/h4-8,11,14,22H,3,12-13H2,1-2H3,(H,27,29)/t14-,22+/m1/s1. The average molecular weight is 399 g/mol. The van der Waals surface area contributed by atoms with Crippen LogP contribution in [0.3, 0.4) is 0 Å². The van der Waals surface area contributed by atoms with Gasteiger partial charge in [-0.25, -0.2) is 0 Å². The number of aromatic amines is 1. The van der Waals surface area contributed by atoms with Crippen molar-refractivity contribution in [2.45, 2.75) is 39.0 Å². The molecule has 7 nitrogen and oxygen atoms in total. The van der Waals surface area contributed by atoms with Crippen molar-refractivity contribution in [1.82, 2.24) is 14.9 Å². The van der Waals surface area contributed by atoms with Crippen molar-refractivity contribution in [2.75, 3.05) is 6.54 Å². The Morgan fingerprint density at radius 1 is 1.27 bits per heavy atom. The van der Waals surface area contributed by atoms with E-state index in [1.165, 1.54) is 0 Å². The van der Waals surface area contributed by atoms with Crippen molar-refractivity contribution in [3.63, 3.8) is 0 Å². The lowest BCUT2D eigenvalue weighted by Gasteiger charge is -2.46. The van der Waals surface area contributed by atoms with Crippen molar-refractivity contribution < 1.29 is 4.74 Å². The molecule has 7 heteroatoms. The van der Waals surface area contributed by atoms with E-state index in [-0.39, 0.29) is 17.7 Å². The number of fused-ring (bicyclic) bond motifs is 1. The smallest absolute Gasteiger partial charge is 0.251 e. The van der Waals surface area contributed by atoms with Gasteiger partial charge in [0.2, 0.25) is 0 Å². The summed E-state index contributed by atoms with van der Waals surface area (Å²) in [7, 11) is 0. The van der Waals surface area contributed by atoms with Gasteiger partial charge in [0, 0.05) is 30.9 Å². The highest BCUT2D eigenvalue weighted by atomic mass is 16.5. The SMILES string of the molecule is CCc1cc2ncc(CN3C[C@H](Oc4ccc(C#N)cc4C#N)[C@H]3C)cc2[nH]c1=O. The van der Waals surface area contributed by atoms with E-state index >= 15 is 0 Å². The molecule has 0 spiro atoms. The minimum atomic E-state index is -0.0644. The van der Waals surface area contributed by atoms with Gasteiger partial charge in [0.25, 0.3) is 5.56 Å². The minimum Gasteiger partial charge on any atom is -0.486 e. The van der Waals surface area contributed by atoms with Gasteiger partial charge < -0.3 is 9.72 Å². The summed E-state index contributed by atoms with van der Waals surface area (Å²) in [5.74, 6) is 0.504. The van der Waals surface area contributed by atoms with E-state index < -0.39 is 0 Å². The molecule has 1 aliphatic heterocycles. The first-order valence-corrected chi connectivity index (χ1v) is 9.88. The van der Waals surface area contributed by atoms with Crippen molar-refractivity contribution in [3.05, 3.63) is 69.1 Å². The second-order valence-electron chi connectivity index (χ2n) is 7.51. The van der Waals surface area contributed by atoms with E-state index in [4.69, 9.17) is 10.00 Å². The molecule has 1 saturated heterocycles. The van der Waals surface area contributed by atoms with Crippen LogP contribution in [-0.4, -0.2) is 33.6 Å². The number of pyridine rings is 2. The molecule has 1 aromatic carbocycles. The van der Waals surface area contributed by atoms with Crippen LogP contribution >= 0.6 is 0 Å². The molecule has 2 aromatic heterocycles. The number of H-pyrrole nitrogens is 1. The Morgan fingerprint density at radius 2 is 2.10 bits per heavy atom. The number of hydrogen-bond donors (Lipinski definition) is 1. The molecule has 3 heterocycles. The number of nitriles is 2. The lowest BCUT2D eigenvalue weighted by molar-refractivity contribution is -0.0414. The molecule has 3 aromatic rings. The van der Waals surface area contributed by atoms with Crippen LogP contribution in [0.4, 0.5) is 0 Å². The Labute approximate surface area is 174 Å². The third-order valence-electron chi connectivity index (χ3n) is 5.63. The number of likely N-dealkylation sites (tertiary alicyclic amines) is 1. The number of benzene rings is 1. The van der Waals surface area contributed by atoms with Gasteiger partial charge in [-0.05, 0) is 49.2 Å². The molecule has 0 saturated carbocycles. The summed E-state index contributed by atoms with van der Waals surface area (Å²) in [6, 6.07) is 13.0. The fourth-order valence-electron chi connectivity index (χ4n) is 3.69. The van der Waals surface area contributed by atoms with Crippen molar-refractivity contribution >= 4 is 11.0 Å². The van der Waals surface area contributed by atoms with Crippen LogP contribution in [0.15, 0.2) is 41.3 Å². The molecule has 0 aliphatic carbocycles. The van der Waals surface area contributed by atoms with Crippen molar-refractivity contribution in [1.29, 1.82) is 10.5 Å². The summed E-state index contributed by atoms with van der Waals surface area (Å²) in [6.45, 7) is 5.44. The summed E-state index contributed by atoms with van der Waals surface area (Å²) in [5, 5.41) is 18.3. The number of nitrogens with zero attached hydrogens (tertiary/aromatic N) is 4. The molecule has 0 bridgehead atoms. The largest absolute Gasteiger partial charge is 0.486 e. The number of aromatic nitrogens is 2. The highest BCUT2D eigenvalue weighted by Crippen LogP contribution is 2.28. The number of hydrogen-bond acceptors (Lipinski definition) is 6. The maximum atomic E-state index is 12.1. The van der Waals surface area contributed by atoms with E-state index in [9.17, 15) is 10.1 Å². The normalized spacial score (nSPS) is 18.4. The second-order valence-corrected chi connectivity index (χ2v) is 7.51. The zero-order chi connectivity index (χ0) is 21.3. The van der Waals surface area contributed by atoms with Crippen LogP contribution in [-0.2, 0) is 13.0 Å². The van der Waals surface area contributed by atoms with E-state index in [0.717, 1.165) is 28.7 Å². The first kappa shape index (κ1) is 19.6. The van der Waals surface area contributed by atoms with Crippen molar-refractivity contribution in [3.8, 4) is 17.9 Å². The van der Waals surface area contributed by atoms with Gasteiger partial charge in [0.15, 0.2) is 0 Å². The Morgan fingerprint density at radius 3 is 2.80 bits per heavy atom. The first-order chi connectivity index (χ1) is 14.5. The molecule has 30 heavy (non-hydrogen) atoms. The molecule has 150 valence electrons. The highest BCUT2D eigenvalue weighted by molar-refractivity contribution is 5.74. The van der Waals surface area contributed by atoms with Gasteiger partial charge in [-0.15, -0.1) is 0 Å². The fourth-order valence-corrected chi connectivity index (χ4v) is 3.69. The number of nitrogens with one attached hydrogen (secondary N) is 1. The van der Waals surface area contributed by atoms with Crippen molar-refractivity contribution in [2.24, 2.45) is 0 Å². The van der Waals surface area contributed by atoms with Gasteiger partial charge in [-0.2, -0.15) is 10.5 Å². The fraction of sp³-hybridized carbons (Fsp3) is 0.304. The third kappa shape index (κ3) is 3.63. The van der Waals surface area contributed by atoms with Crippen LogP contribution in [0.1, 0.15) is 36.1 Å². The Bertz CT molecular complexity index is 1250. The van der Waals surface area contributed by atoms with Gasteiger partial charge in [0.1, 0.15) is 17.9 Å². The monoisotopic (exact) mass is 399 g/mol. The zero-order valence-electron chi connectivity index (χ0n) is 16.8. The Balaban J connectivity index is 1.44. The quantitative estimate of drug-likeness (QED) is 0.707. The van der Waals surface area contributed by atoms with E-state index in [0.29, 0.717) is 29.8 Å². The van der Waals surface area contributed by atoms with Crippen LogP contribution < -0.4 is 10.3 Å². The van der Waals surface area contributed by atoms with Gasteiger partial charge in [0.05, 0.1) is 28.2 Å². The third-order valence-corrected chi connectivity index (χ3v) is 5.63. The summed E-state index contributed by atoms with van der Waals surface area (Å²) in [5.41, 5.74) is 4.03. The van der Waals surface area contributed by atoms with E-state index in [1.807, 2.05) is 31.3 Å². The average Bonchev–Trinajstić information content (AvgIpc) is 2.77.